The number of guanidine groups is 1. The summed E-state index contributed by atoms with van der Waals surface area (Å²) in [7, 11) is 0. The number of anilines is 1. The Kier molecular flexibility index (Phi) is 12.5. The SMILES string of the molecule is CCNC(=NCC(C)(O)CN1CCOCC1)NCCNc1ncc(Cl)cc1Cl.I. The molecular formula is C18H31Cl2IN6O2. The van der Waals surface area contributed by atoms with E-state index in [2.05, 4.69) is 30.8 Å². The number of aromatic nitrogens is 1. The molecule has 0 aliphatic carbocycles. The van der Waals surface area contributed by atoms with E-state index in [1.165, 1.54) is 0 Å². The topological polar surface area (TPSA) is 94.0 Å². The molecule has 1 aliphatic heterocycles. The number of ether oxygens (including phenoxy) is 1. The van der Waals surface area contributed by atoms with Crippen LogP contribution in [-0.2, 0) is 4.74 Å². The van der Waals surface area contributed by atoms with Gasteiger partial charge in [0, 0.05) is 45.5 Å². The molecule has 0 amide bonds. The highest BCUT2D eigenvalue weighted by molar-refractivity contribution is 14.0. The Morgan fingerprint density at radius 1 is 1.31 bits per heavy atom. The maximum Gasteiger partial charge on any atom is 0.191 e. The van der Waals surface area contributed by atoms with E-state index in [-0.39, 0.29) is 24.0 Å². The fourth-order valence-corrected chi connectivity index (χ4v) is 3.24. The van der Waals surface area contributed by atoms with E-state index in [0.29, 0.717) is 61.2 Å². The van der Waals surface area contributed by atoms with Crippen molar-refractivity contribution in [2.75, 3.05) is 64.3 Å². The van der Waals surface area contributed by atoms with Gasteiger partial charge in [-0.05, 0) is 19.9 Å². The zero-order valence-corrected chi connectivity index (χ0v) is 20.7. The van der Waals surface area contributed by atoms with Crippen molar-refractivity contribution in [1.29, 1.82) is 0 Å². The maximum atomic E-state index is 10.7. The second-order valence-electron chi connectivity index (χ2n) is 6.92. The quantitative estimate of drug-likeness (QED) is 0.159. The number of pyridine rings is 1. The number of nitrogens with zero attached hydrogens (tertiary/aromatic N) is 3. The lowest BCUT2D eigenvalue weighted by molar-refractivity contribution is -0.0179. The molecule has 0 spiro atoms. The number of halogens is 3. The fourth-order valence-electron chi connectivity index (χ4n) is 2.79. The number of rotatable bonds is 9. The number of hydrogen-bond acceptors (Lipinski definition) is 6. The second-order valence-corrected chi connectivity index (χ2v) is 7.76. The standard InChI is InChI=1S/C18H30Cl2N6O2.HI/c1-3-21-17(23-5-4-22-16-15(20)10-14(19)11-24-16)25-12-18(2,27)13-26-6-8-28-9-7-26;/h10-11,27H,3-9,12-13H2,1-2H3,(H,22,24)(H2,21,23,25);1H. The first kappa shape index (κ1) is 26.4. The zero-order chi connectivity index (χ0) is 20.4. The van der Waals surface area contributed by atoms with Crippen LogP contribution in [0.5, 0.6) is 0 Å². The Morgan fingerprint density at radius 2 is 2.03 bits per heavy atom. The van der Waals surface area contributed by atoms with Crippen molar-refractivity contribution >= 4 is 59.0 Å². The fraction of sp³-hybridized carbons (Fsp3) is 0.667. The predicted molar refractivity (Wildman–Crippen MR) is 130 cm³/mol. The van der Waals surface area contributed by atoms with Gasteiger partial charge in [0.05, 0.1) is 35.4 Å². The molecule has 1 aliphatic rings. The lowest BCUT2D eigenvalue weighted by atomic mass is 10.1. The highest BCUT2D eigenvalue weighted by atomic mass is 127. The third kappa shape index (κ3) is 10.3. The molecule has 166 valence electrons. The van der Waals surface area contributed by atoms with Crippen LogP contribution in [0.15, 0.2) is 17.3 Å². The molecule has 0 bridgehead atoms. The average molecular weight is 561 g/mol. The van der Waals surface area contributed by atoms with Gasteiger partial charge < -0.3 is 25.8 Å². The van der Waals surface area contributed by atoms with Crippen LogP contribution in [0.1, 0.15) is 13.8 Å². The third-order valence-electron chi connectivity index (χ3n) is 4.11. The van der Waals surface area contributed by atoms with Crippen LogP contribution >= 0.6 is 47.2 Å². The first-order valence-electron chi connectivity index (χ1n) is 9.49. The number of aliphatic hydroxyl groups is 1. The van der Waals surface area contributed by atoms with Crippen LogP contribution in [0, 0.1) is 0 Å². The zero-order valence-electron chi connectivity index (χ0n) is 16.9. The van der Waals surface area contributed by atoms with Gasteiger partial charge in [0.2, 0.25) is 0 Å². The second kappa shape index (κ2) is 13.7. The van der Waals surface area contributed by atoms with Gasteiger partial charge in [-0.2, -0.15) is 0 Å². The van der Waals surface area contributed by atoms with Gasteiger partial charge in [-0.1, -0.05) is 23.2 Å². The van der Waals surface area contributed by atoms with Gasteiger partial charge in [-0.15, -0.1) is 24.0 Å². The molecule has 1 saturated heterocycles. The maximum absolute atomic E-state index is 10.7. The molecule has 8 nitrogen and oxygen atoms in total. The van der Waals surface area contributed by atoms with Crippen molar-refractivity contribution in [3.63, 3.8) is 0 Å². The van der Waals surface area contributed by atoms with Crippen LogP contribution < -0.4 is 16.0 Å². The largest absolute Gasteiger partial charge is 0.387 e. The van der Waals surface area contributed by atoms with Gasteiger partial charge in [0.25, 0.3) is 0 Å². The molecule has 0 saturated carbocycles. The van der Waals surface area contributed by atoms with Crippen LogP contribution in [0.3, 0.4) is 0 Å². The minimum Gasteiger partial charge on any atom is -0.387 e. The molecule has 1 atom stereocenters. The van der Waals surface area contributed by atoms with Gasteiger partial charge in [-0.3, -0.25) is 9.89 Å². The third-order valence-corrected chi connectivity index (χ3v) is 4.60. The first-order chi connectivity index (χ1) is 13.4. The van der Waals surface area contributed by atoms with Crippen LogP contribution in [0.2, 0.25) is 10.0 Å². The monoisotopic (exact) mass is 560 g/mol. The van der Waals surface area contributed by atoms with E-state index in [4.69, 9.17) is 27.9 Å². The molecule has 2 rings (SSSR count). The van der Waals surface area contributed by atoms with Crippen molar-refractivity contribution < 1.29 is 9.84 Å². The van der Waals surface area contributed by atoms with Gasteiger partial charge >= 0.3 is 0 Å². The van der Waals surface area contributed by atoms with E-state index < -0.39 is 5.60 Å². The lowest BCUT2D eigenvalue weighted by Gasteiger charge is -2.33. The summed E-state index contributed by atoms with van der Waals surface area (Å²) < 4.78 is 5.35. The van der Waals surface area contributed by atoms with Crippen molar-refractivity contribution in [3.05, 3.63) is 22.3 Å². The Balaban J connectivity index is 0.00000420. The average Bonchev–Trinajstić information content (AvgIpc) is 2.65. The number of aliphatic imine (C=N–C) groups is 1. The van der Waals surface area contributed by atoms with E-state index in [9.17, 15) is 5.11 Å². The summed E-state index contributed by atoms with van der Waals surface area (Å²) in [6.07, 6.45) is 1.55. The van der Waals surface area contributed by atoms with E-state index in [1.807, 2.05) is 13.8 Å². The van der Waals surface area contributed by atoms with Gasteiger partial charge in [0.1, 0.15) is 5.82 Å². The van der Waals surface area contributed by atoms with Crippen LogP contribution in [0.25, 0.3) is 0 Å². The minimum absolute atomic E-state index is 0. The summed E-state index contributed by atoms with van der Waals surface area (Å²) in [5.74, 6) is 1.24. The number of β-amino-alcohol motifs (C(OH)–C–C–N with tert-alkyl or cyclic N) is 1. The molecule has 29 heavy (non-hydrogen) atoms. The summed E-state index contributed by atoms with van der Waals surface area (Å²) in [6.45, 7) is 9.72. The predicted octanol–water partition coefficient (Wildman–Crippen LogP) is 2.06. The lowest BCUT2D eigenvalue weighted by Crippen LogP contribution is -2.48. The van der Waals surface area contributed by atoms with Crippen molar-refractivity contribution in [2.45, 2.75) is 19.4 Å². The highest BCUT2D eigenvalue weighted by Gasteiger charge is 2.25. The molecule has 4 N–H and O–H groups in total. The molecule has 1 fully saturated rings. The van der Waals surface area contributed by atoms with Crippen LogP contribution in [0.4, 0.5) is 5.82 Å². The van der Waals surface area contributed by atoms with Crippen molar-refractivity contribution in [2.24, 2.45) is 4.99 Å². The highest BCUT2D eigenvalue weighted by Crippen LogP contribution is 2.22. The Bertz CT molecular complexity index is 645. The summed E-state index contributed by atoms with van der Waals surface area (Å²) in [5, 5.41) is 21.2. The molecule has 0 radical (unpaired) electrons. The number of morpholine rings is 1. The van der Waals surface area contributed by atoms with E-state index in [1.54, 1.807) is 12.3 Å². The molecule has 1 aromatic rings. The van der Waals surface area contributed by atoms with E-state index >= 15 is 0 Å². The summed E-state index contributed by atoms with van der Waals surface area (Å²) in [5.41, 5.74) is -0.904. The number of nitrogens with one attached hydrogen (secondary N) is 3. The van der Waals surface area contributed by atoms with Gasteiger partial charge in [0.15, 0.2) is 5.96 Å². The van der Waals surface area contributed by atoms with E-state index in [0.717, 1.165) is 19.6 Å². The molecule has 2 heterocycles. The Morgan fingerprint density at radius 3 is 2.69 bits per heavy atom. The first-order valence-corrected chi connectivity index (χ1v) is 10.2. The summed E-state index contributed by atoms with van der Waals surface area (Å²) in [6, 6.07) is 1.65. The van der Waals surface area contributed by atoms with Crippen LogP contribution in [-0.4, -0.2) is 85.6 Å². The molecule has 0 aromatic carbocycles. The summed E-state index contributed by atoms with van der Waals surface area (Å²) >= 11 is 11.9. The van der Waals surface area contributed by atoms with Crippen molar-refractivity contribution in [1.82, 2.24) is 20.5 Å². The smallest absolute Gasteiger partial charge is 0.191 e. The molecular weight excluding hydrogens is 530 g/mol. The molecule has 11 heteroatoms. The Labute approximate surface area is 199 Å². The molecule has 1 unspecified atom stereocenters. The van der Waals surface area contributed by atoms with Crippen molar-refractivity contribution in [3.8, 4) is 0 Å². The normalized spacial score (nSPS) is 17.2. The molecule has 1 aromatic heterocycles. The minimum atomic E-state index is -0.904. The number of hydrogen-bond donors (Lipinski definition) is 4. The van der Waals surface area contributed by atoms with Gasteiger partial charge in [-0.25, -0.2) is 4.98 Å². The Hall–Kier alpha value is -0.590. The summed E-state index contributed by atoms with van der Waals surface area (Å²) in [4.78, 5) is 10.9.